The molecule has 0 atom stereocenters. The lowest BCUT2D eigenvalue weighted by molar-refractivity contribution is 0.250. The van der Waals surface area contributed by atoms with Gasteiger partial charge in [0, 0.05) is 19.3 Å². The van der Waals surface area contributed by atoms with Crippen LogP contribution in [0, 0.1) is 0 Å². The molecule has 0 aliphatic carbocycles. The Morgan fingerprint density at radius 3 is 2.80 bits per heavy atom. The lowest BCUT2D eigenvalue weighted by atomic mass is 10.3. The topological polar surface area (TPSA) is 59.0 Å². The van der Waals surface area contributed by atoms with Gasteiger partial charge in [-0.2, -0.15) is 5.10 Å². The Hall–Kier alpha value is -1.52. The molecule has 0 saturated carbocycles. The van der Waals surface area contributed by atoms with Crippen molar-refractivity contribution in [3.63, 3.8) is 0 Å². The summed E-state index contributed by atoms with van der Waals surface area (Å²) in [5, 5.41) is 9.78. The van der Waals surface area contributed by atoms with Crippen molar-refractivity contribution in [2.75, 3.05) is 5.32 Å². The van der Waals surface area contributed by atoms with Gasteiger partial charge in [-0.1, -0.05) is 6.92 Å². The third-order valence-corrected chi connectivity index (χ3v) is 1.91. The zero-order valence-corrected chi connectivity index (χ0v) is 9.66. The van der Waals surface area contributed by atoms with E-state index in [1.54, 1.807) is 10.9 Å². The Balaban J connectivity index is 2.67. The van der Waals surface area contributed by atoms with E-state index in [0.29, 0.717) is 0 Å². The SMILES string of the molecule is CCc1nn(C)cc1NC(=O)NC(C)C. The second-order valence-electron chi connectivity index (χ2n) is 3.77. The van der Waals surface area contributed by atoms with Crippen molar-refractivity contribution in [3.8, 4) is 0 Å². The summed E-state index contributed by atoms with van der Waals surface area (Å²) < 4.78 is 1.70. The molecule has 0 saturated heterocycles. The molecular formula is C10H18N4O. The fourth-order valence-corrected chi connectivity index (χ4v) is 1.32. The third kappa shape index (κ3) is 3.27. The molecule has 5 nitrogen and oxygen atoms in total. The van der Waals surface area contributed by atoms with Crippen molar-refractivity contribution < 1.29 is 4.79 Å². The number of aromatic nitrogens is 2. The van der Waals surface area contributed by atoms with Gasteiger partial charge in [0.1, 0.15) is 0 Å². The van der Waals surface area contributed by atoms with Gasteiger partial charge in [0.05, 0.1) is 11.4 Å². The first-order chi connectivity index (χ1) is 7.02. The minimum Gasteiger partial charge on any atom is -0.336 e. The molecule has 0 aliphatic heterocycles. The summed E-state index contributed by atoms with van der Waals surface area (Å²) in [4.78, 5) is 11.4. The molecule has 0 spiro atoms. The van der Waals surface area contributed by atoms with E-state index in [1.165, 1.54) is 0 Å². The van der Waals surface area contributed by atoms with E-state index in [9.17, 15) is 4.79 Å². The Kier molecular flexibility index (Phi) is 3.71. The van der Waals surface area contributed by atoms with E-state index in [4.69, 9.17) is 0 Å². The second kappa shape index (κ2) is 4.82. The lowest BCUT2D eigenvalue weighted by Crippen LogP contribution is -2.34. The number of rotatable bonds is 3. The maximum absolute atomic E-state index is 11.4. The number of amides is 2. The molecule has 0 unspecified atom stereocenters. The number of nitrogens with zero attached hydrogens (tertiary/aromatic N) is 2. The van der Waals surface area contributed by atoms with Crippen LogP contribution in [0.3, 0.4) is 0 Å². The highest BCUT2D eigenvalue weighted by Gasteiger charge is 2.09. The van der Waals surface area contributed by atoms with Crippen LogP contribution in [0.2, 0.25) is 0 Å². The van der Waals surface area contributed by atoms with E-state index in [1.807, 2.05) is 27.8 Å². The van der Waals surface area contributed by atoms with Crippen molar-refractivity contribution >= 4 is 11.7 Å². The van der Waals surface area contributed by atoms with Gasteiger partial charge in [-0.3, -0.25) is 4.68 Å². The van der Waals surface area contributed by atoms with E-state index < -0.39 is 0 Å². The molecule has 2 N–H and O–H groups in total. The number of aryl methyl sites for hydroxylation is 2. The highest BCUT2D eigenvalue weighted by Crippen LogP contribution is 2.13. The van der Waals surface area contributed by atoms with Gasteiger partial charge in [-0.05, 0) is 20.3 Å². The molecule has 84 valence electrons. The summed E-state index contributed by atoms with van der Waals surface area (Å²) in [5.41, 5.74) is 1.68. The maximum Gasteiger partial charge on any atom is 0.319 e. The minimum absolute atomic E-state index is 0.131. The van der Waals surface area contributed by atoms with Crippen molar-refractivity contribution in [3.05, 3.63) is 11.9 Å². The molecule has 0 radical (unpaired) electrons. The molecule has 0 aliphatic rings. The Morgan fingerprint density at radius 1 is 1.60 bits per heavy atom. The Labute approximate surface area is 89.9 Å². The highest BCUT2D eigenvalue weighted by atomic mass is 16.2. The molecule has 15 heavy (non-hydrogen) atoms. The average Bonchev–Trinajstić information content (AvgIpc) is 2.44. The standard InChI is InChI=1S/C10H18N4O/c1-5-8-9(6-14(4)13-8)12-10(15)11-7(2)3/h6-7H,5H2,1-4H3,(H2,11,12,15). The first-order valence-electron chi connectivity index (χ1n) is 5.13. The minimum atomic E-state index is -0.187. The number of carbonyl (C=O) groups is 1. The van der Waals surface area contributed by atoms with Crippen LogP contribution in [-0.2, 0) is 13.5 Å². The summed E-state index contributed by atoms with van der Waals surface area (Å²) in [5.74, 6) is 0. The first kappa shape index (κ1) is 11.6. The lowest BCUT2D eigenvalue weighted by Gasteiger charge is -2.09. The summed E-state index contributed by atoms with van der Waals surface area (Å²) in [6, 6.07) is -0.0561. The van der Waals surface area contributed by atoms with Crippen molar-refractivity contribution in [1.82, 2.24) is 15.1 Å². The average molecular weight is 210 g/mol. The largest absolute Gasteiger partial charge is 0.336 e. The molecule has 1 aromatic heterocycles. The second-order valence-corrected chi connectivity index (χ2v) is 3.77. The fourth-order valence-electron chi connectivity index (χ4n) is 1.32. The van der Waals surface area contributed by atoms with Crippen LogP contribution in [0.5, 0.6) is 0 Å². The van der Waals surface area contributed by atoms with Crippen molar-refractivity contribution in [2.24, 2.45) is 7.05 Å². The predicted octanol–water partition coefficient (Wildman–Crippen LogP) is 1.51. The first-order valence-corrected chi connectivity index (χ1v) is 5.13. The van der Waals surface area contributed by atoms with Crippen LogP contribution in [0.15, 0.2) is 6.20 Å². The quantitative estimate of drug-likeness (QED) is 0.794. The summed E-state index contributed by atoms with van der Waals surface area (Å²) in [6.45, 7) is 5.85. The zero-order chi connectivity index (χ0) is 11.4. The van der Waals surface area contributed by atoms with Crippen LogP contribution in [0.1, 0.15) is 26.5 Å². The van der Waals surface area contributed by atoms with E-state index >= 15 is 0 Å². The van der Waals surface area contributed by atoms with Crippen molar-refractivity contribution in [1.29, 1.82) is 0 Å². The fraction of sp³-hybridized carbons (Fsp3) is 0.600. The molecule has 1 aromatic rings. The van der Waals surface area contributed by atoms with Gasteiger partial charge < -0.3 is 10.6 Å². The Morgan fingerprint density at radius 2 is 2.27 bits per heavy atom. The van der Waals surface area contributed by atoms with Gasteiger partial charge in [0.2, 0.25) is 0 Å². The number of anilines is 1. The molecule has 0 bridgehead atoms. The van der Waals surface area contributed by atoms with Gasteiger partial charge in [-0.25, -0.2) is 4.79 Å². The van der Waals surface area contributed by atoms with Gasteiger partial charge >= 0.3 is 6.03 Å². The summed E-state index contributed by atoms with van der Waals surface area (Å²) in [7, 11) is 1.84. The van der Waals surface area contributed by atoms with E-state index in [-0.39, 0.29) is 12.1 Å². The Bertz CT molecular complexity index is 343. The van der Waals surface area contributed by atoms with Crippen LogP contribution < -0.4 is 10.6 Å². The third-order valence-electron chi connectivity index (χ3n) is 1.91. The monoisotopic (exact) mass is 210 g/mol. The van der Waals surface area contributed by atoms with Crippen LogP contribution >= 0.6 is 0 Å². The highest BCUT2D eigenvalue weighted by molar-refractivity contribution is 5.89. The van der Waals surface area contributed by atoms with Crippen LogP contribution in [0.25, 0.3) is 0 Å². The van der Waals surface area contributed by atoms with Crippen LogP contribution in [0.4, 0.5) is 10.5 Å². The number of carbonyl (C=O) groups excluding carboxylic acids is 1. The van der Waals surface area contributed by atoms with Gasteiger partial charge in [0.25, 0.3) is 0 Å². The van der Waals surface area contributed by atoms with Gasteiger partial charge in [0.15, 0.2) is 0 Å². The summed E-state index contributed by atoms with van der Waals surface area (Å²) >= 11 is 0. The predicted molar refractivity (Wildman–Crippen MR) is 59.9 cm³/mol. The zero-order valence-electron chi connectivity index (χ0n) is 9.66. The van der Waals surface area contributed by atoms with Crippen molar-refractivity contribution in [2.45, 2.75) is 33.2 Å². The number of nitrogens with one attached hydrogen (secondary N) is 2. The molecule has 5 heteroatoms. The molecule has 0 aromatic carbocycles. The summed E-state index contributed by atoms with van der Waals surface area (Å²) in [6.07, 6.45) is 2.61. The smallest absolute Gasteiger partial charge is 0.319 e. The molecule has 0 fully saturated rings. The van der Waals surface area contributed by atoms with Crippen LogP contribution in [-0.4, -0.2) is 21.9 Å². The number of hydrogen-bond acceptors (Lipinski definition) is 2. The van der Waals surface area contributed by atoms with E-state index in [0.717, 1.165) is 17.8 Å². The normalized spacial score (nSPS) is 10.5. The van der Waals surface area contributed by atoms with Gasteiger partial charge in [-0.15, -0.1) is 0 Å². The maximum atomic E-state index is 11.4. The molecule has 1 rings (SSSR count). The number of urea groups is 1. The molecular weight excluding hydrogens is 192 g/mol. The molecule has 2 amide bonds. The molecule has 1 heterocycles. The van der Waals surface area contributed by atoms with E-state index in [2.05, 4.69) is 15.7 Å². The number of hydrogen-bond donors (Lipinski definition) is 2.